The maximum atomic E-state index is 8.56. The van der Waals surface area contributed by atoms with Gasteiger partial charge >= 0.3 is 6.16 Å². The van der Waals surface area contributed by atoms with Crippen LogP contribution in [-0.2, 0) is 0 Å². The Morgan fingerprint density at radius 1 is 1.42 bits per heavy atom. The molecule has 0 aromatic heterocycles. The molecule has 2 aliphatic heterocycles. The number of rotatable bonds is 0. The van der Waals surface area contributed by atoms with Gasteiger partial charge in [-0.25, -0.2) is 9.79 Å². The quantitative estimate of drug-likeness (QED) is 0.572. The third kappa shape index (κ3) is 2.01. The summed E-state index contributed by atoms with van der Waals surface area (Å²) in [5, 5.41) is 21.3. The van der Waals surface area contributed by atoms with E-state index >= 15 is 0 Å². The van der Waals surface area contributed by atoms with Crippen LogP contribution in [0.15, 0.2) is 39.3 Å². The number of carbonyl (C=O) groups is 1. The molecule has 2 heterocycles. The van der Waals surface area contributed by atoms with Crippen LogP contribution in [0, 0.1) is 0 Å². The Balaban J connectivity index is 0.000000157. The molecule has 0 fully saturated rings. The smallest absolute Gasteiger partial charge is 0.450 e. The van der Waals surface area contributed by atoms with E-state index in [1.54, 1.807) is 12.4 Å². The number of hydrogen-bond acceptors (Lipinski definition) is 4. The molecule has 0 aliphatic carbocycles. The van der Waals surface area contributed by atoms with Gasteiger partial charge in [-0.05, 0) is 6.08 Å². The second kappa shape index (κ2) is 3.42. The standard InChI is InChI=1S/C5H3N3.CH2O3/c1-2-6-5-4(1)3-7-8-5;2-1(3)4/h1-3H;(H2,2,3,4). The van der Waals surface area contributed by atoms with Gasteiger partial charge in [0.1, 0.15) is 0 Å². The Morgan fingerprint density at radius 2 is 2.08 bits per heavy atom. The lowest BCUT2D eigenvalue weighted by atomic mass is 10.3. The van der Waals surface area contributed by atoms with Crippen molar-refractivity contribution in [1.82, 2.24) is 0 Å². The Labute approximate surface area is 67.3 Å². The number of amidine groups is 1. The molecule has 0 aromatic rings. The SMILES string of the molecule is C1=CC2=CN=NC2=N1.O=C(O)O. The molecule has 0 saturated heterocycles. The van der Waals surface area contributed by atoms with Gasteiger partial charge in [-0.2, -0.15) is 5.11 Å². The summed E-state index contributed by atoms with van der Waals surface area (Å²) in [6, 6.07) is 0. The zero-order valence-electron chi connectivity index (χ0n) is 5.88. The van der Waals surface area contributed by atoms with Crippen LogP contribution in [-0.4, -0.2) is 22.2 Å². The van der Waals surface area contributed by atoms with Crippen LogP contribution in [0.3, 0.4) is 0 Å². The van der Waals surface area contributed by atoms with Crippen molar-refractivity contribution in [3.63, 3.8) is 0 Å². The minimum absolute atomic E-state index is 0.741. The molecular formula is C6H5N3O3. The fourth-order valence-corrected chi connectivity index (χ4v) is 0.667. The Morgan fingerprint density at radius 3 is 2.67 bits per heavy atom. The molecule has 2 N–H and O–H groups in total. The van der Waals surface area contributed by atoms with Crippen molar-refractivity contribution < 1.29 is 15.0 Å². The van der Waals surface area contributed by atoms with Gasteiger partial charge in [0.2, 0.25) is 0 Å². The van der Waals surface area contributed by atoms with Crippen molar-refractivity contribution in [3.8, 4) is 0 Å². The van der Waals surface area contributed by atoms with Gasteiger partial charge in [0.15, 0.2) is 5.84 Å². The number of carboxylic acid groups (broad SMARTS) is 2. The summed E-state index contributed by atoms with van der Waals surface area (Å²) in [6.45, 7) is 0. The minimum Gasteiger partial charge on any atom is -0.450 e. The van der Waals surface area contributed by atoms with Gasteiger partial charge in [0.25, 0.3) is 0 Å². The van der Waals surface area contributed by atoms with Crippen molar-refractivity contribution in [2.75, 3.05) is 0 Å². The number of fused-ring (bicyclic) bond motifs is 1. The van der Waals surface area contributed by atoms with Crippen LogP contribution in [0.5, 0.6) is 0 Å². The second-order valence-corrected chi connectivity index (χ2v) is 1.85. The van der Waals surface area contributed by atoms with Crippen LogP contribution >= 0.6 is 0 Å². The van der Waals surface area contributed by atoms with Gasteiger partial charge in [0, 0.05) is 11.8 Å². The van der Waals surface area contributed by atoms with E-state index in [0.29, 0.717) is 0 Å². The molecule has 0 spiro atoms. The lowest BCUT2D eigenvalue weighted by Gasteiger charge is -1.78. The average molecular weight is 167 g/mol. The normalized spacial score (nSPS) is 16.0. The molecule has 6 heteroatoms. The minimum atomic E-state index is -1.83. The van der Waals surface area contributed by atoms with E-state index in [9.17, 15) is 0 Å². The summed E-state index contributed by atoms with van der Waals surface area (Å²) in [7, 11) is 0. The summed E-state index contributed by atoms with van der Waals surface area (Å²) in [6.07, 6.45) is 3.47. The van der Waals surface area contributed by atoms with Gasteiger partial charge in [0.05, 0.1) is 6.20 Å². The first-order valence-electron chi connectivity index (χ1n) is 2.98. The third-order valence-corrected chi connectivity index (χ3v) is 1.06. The molecule has 0 atom stereocenters. The first-order valence-corrected chi connectivity index (χ1v) is 2.98. The van der Waals surface area contributed by atoms with Gasteiger partial charge in [-0.15, -0.1) is 5.11 Å². The van der Waals surface area contributed by atoms with Crippen LogP contribution in [0.4, 0.5) is 4.79 Å². The fourth-order valence-electron chi connectivity index (χ4n) is 0.667. The predicted molar refractivity (Wildman–Crippen MR) is 40.2 cm³/mol. The zero-order valence-corrected chi connectivity index (χ0v) is 5.88. The molecule has 0 saturated carbocycles. The van der Waals surface area contributed by atoms with E-state index in [2.05, 4.69) is 15.2 Å². The molecule has 2 rings (SSSR count). The zero-order chi connectivity index (χ0) is 8.97. The van der Waals surface area contributed by atoms with E-state index < -0.39 is 6.16 Å². The average Bonchev–Trinajstić information content (AvgIpc) is 2.40. The lowest BCUT2D eigenvalue weighted by molar-refractivity contribution is 0.137. The highest BCUT2D eigenvalue weighted by molar-refractivity contribution is 6.04. The van der Waals surface area contributed by atoms with Crippen molar-refractivity contribution in [1.29, 1.82) is 0 Å². The molecule has 0 amide bonds. The molecule has 0 bridgehead atoms. The summed E-state index contributed by atoms with van der Waals surface area (Å²) in [4.78, 5) is 12.5. The number of nitrogens with zero attached hydrogens (tertiary/aromatic N) is 3. The first-order chi connectivity index (χ1) is 5.70. The van der Waals surface area contributed by atoms with Crippen molar-refractivity contribution in [2.45, 2.75) is 0 Å². The highest BCUT2D eigenvalue weighted by Crippen LogP contribution is 2.15. The van der Waals surface area contributed by atoms with E-state index in [4.69, 9.17) is 15.0 Å². The van der Waals surface area contributed by atoms with E-state index in [1.165, 1.54) is 0 Å². The van der Waals surface area contributed by atoms with E-state index in [0.717, 1.165) is 11.4 Å². The second-order valence-electron chi connectivity index (χ2n) is 1.85. The largest absolute Gasteiger partial charge is 0.503 e. The molecular weight excluding hydrogens is 162 g/mol. The maximum Gasteiger partial charge on any atom is 0.503 e. The highest BCUT2D eigenvalue weighted by Gasteiger charge is 2.10. The predicted octanol–water partition coefficient (Wildman–Crippen LogP) is 1.48. The summed E-state index contributed by atoms with van der Waals surface area (Å²) >= 11 is 0. The first kappa shape index (κ1) is 8.12. The summed E-state index contributed by atoms with van der Waals surface area (Å²) in [5.74, 6) is 0.741. The number of hydrogen-bond donors (Lipinski definition) is 2. The van der Waals surface area contributed by atoms with Crippen LogP contribution in [0.2, 0.25) is 0 Å². The van der Waals surface area contributed by atoms with E-state index in [1.807, 2.05) is 6.08 Å². The Hall–Kier alpha value is -1.98. The molecule has 2 aliphatic rings. The van der Waals surface area contributed by atoms with E-state index in [-0.39, 0.29) is 0 Å². The van der Waals surface area contributed by atoms with Crippen LogP contribution in [0.25, 0.3) is 0 Å². The van der Waals surface area contributed by atoms with Gasteiger partial charge in [-0.3, -0.25) is 0 Å². The molecule has 6 nitrogen and oxygen atoms in total. The Bertz CT molecular complexity index is 284. The van der Waals surface area contributed by atoms with Crippen LogP contribution in [0.1, 0.15) is 0 Å². The highest BCUT2D eigenvalue weighted by atomic mass is 16.6. The lowest BCUT2D eigenvalue weighted by Crippen LogP contribution is -1.84. The summed E-state index contributed by atoms with van der Waals surface area (Å²) < 4.78 is 0. The van der Waals surface area contributed by atoms with Crippen molar-refractivity contribution >= 4 is 12.0 Å². The molecule has 62 valence electrons. The van der Waals surface area contributed by atoms with Crippen LogP contribution < -0.4 is 0 Å². The van der Waals surface area contributed by atoms with Crippen molar-refractivity contribution in [3.05, 3.63) is 24.0 Å². The maximum absolute atomic E-state index is 8.56. The van der Waals surface area contributed by atoms with Crippen molar-refractivity contribution in [2.24, 2.45) is 15.2 Å². The fraction of sp³-hybridized carbons (Fsp3) is 0. The molecule has 0 aromatic carbocycles. The molecule has 0 radical (unpaired) electrons. The number of aliphatic imine (C=N–C) groups is 1. The van der Waals surface area contributed by atoms with Gasteiger partial charge in [-0.1, -0.05) is 0 Å². The Kier molecular flexibility index (Phi) is 2.32. The summed E-state index contributed by atoms with van der Waals surface area (Å²) in [5.41, 5.74) is 1.02. The topological polar surface area (TPSA) is 94.6 Å². The van der Waals surface area contributed by atoms with Gasteiger partial charge < -0.3 is 10.2 Å². The number of azo groups is 1. The molecule has 0 unspecified atom stereocenters. The monoisotopic (exact) mass is 167 g/mol. The molecule has 12 heavy (non-hydrogen) atoms. The third-order valence-electron chi connectivity index (χ3n) is 1.06.